The van der Waals surface area contributed by atoms with Crippen LogP contribution in [0.1, 0.15) is 6.42 Å². The van der Waals surface area contributed by atoms with Crippen molar-refractivity contribution < 1.29 is 34.8 Å². The summed E-state index contributed by atoms with van der Waals surface area (Å²) in [5.41, 5.74) is 0. The zero-order valence-electron chi connectivity index (χ0n) is 7.34. The molecule has 0 aromatic rings. The topological polar surface area (TPSA) is 132 Å². The number of hydrogen-bond donors (Lipinski definition) is 4. The van der Waals surface area contributed by atoms with Gasteiger partial charge in [-0.05, 0) is 0 Å². The number of rotatable bonds is 5. The highest BCUT2D eigenvalue weighted by Gasteiger charge is 2.33. The van der Waals surface area contributed by atoms with Gasteiger partial charge < -0.3 is 20.4 Å². The molecule has 4 N–H and O–H groups in total. The highest BCUT2D eigenvalue weighted by Crippen LogP contribution is 2.09. The Labute approximate surface area is 73.7 Å². The lowest BCUT2D eigenvalue weighted by molar-refractivity contribution is -0.162. The number of carboxylic acid groups (broad SMARTS) is 3. The molecule has 0 rings (SSSR count). The Morgan fingerprint density at radius 1 is 1.23 bits per heavy atom. The van der Waals surface area contributed by atoms with Gasteiger partial charge in [-0.3, -0.25) is 9.59 Å². The highest BCUT2D eigenvalue weighted by atomic mass is 16.4. The van der Waals surface area contributed by atoms with Crippen molar-refractivity contribution in [3.63, 3.8) is 0 Å². The fourth-order valence-electron chi connectivity index (χ4n) is 0.684. The number of carbonyl (C=O) groups is 3. The third-order valence-electron chi connectivity index (χ3n) is 1.33. The van der Waals surface area contributed by atoms with Crippen LogP contribution >= 0.6 is 0 Å². The van der Waals surface area contributed by atoms with E-state index in [1.165, 1.54) is 0 Å². The van der Waals surface area contributed by atoms with Crippen LogP contribution in [0.2, 0.25) is 0 Å². The van der Waals surface area contributed by atoms with Crippen LogP contribution in [0.25, 0.3) is 1.43 Å². The first-order valence-electron chi connectivity index (χ1n) is 3.60. The van der Waals surface area contributed by atoms with Gasteiger partial charge in [-0.1, -0.05) is 0 Å². The summed E-state index contributed by atoms with van der Waals surface area (Å²) < 4.78 is 6.17. The monoisotopic (exact) mass is 193 g/mol. The molecule has 0 aliphatic heterocycles. The molecule has 0 aromatic heterocycles. The van der Waals surface area contributed by atoms with Gasteiger partial charge in [-0.25, -0.2) is 4.79 Å². The van der Waals surface area contributed by atoms with E-state index in [1.54, 1.807) is 0 Å². The number of aliphatic hydroxyl groups is 1. The molecular formula is C6H8O7. The van der Waals surface area contributed by atoms with Crippen molar-refractivity contribution in [3.8, 4) is 0 Å². The minimum Gasteiger partial charge on any atom is -0.481 e. The summed E-state index contributed by atoms with van der Waals surface area (Å²) in [6.45, 7) is 0. The van der Waals surface area contributed by atoms with Crippen LogP contribution in [0.3, 0.4) is 0 Å². The second-order valence-corrected chi connectivity index (χ2v) is 2.31. The standard InChI is InChI=1S/C6H8O7/c7-3(8)1-2(5(10)11)4(9)6(12)13/h2,4,9H,1H2,(H,7,8)(H,10,11)(H,12,13)/i/hD. The summed E-state index contributed by atoms with van der Waals surface area (Å²) in [5.74, 6) is -6.40. The van der Waals surface area contributed by atoms with Gasteiger partial charge in [0.05, 0.1) is 6.42 Å². The molecule has 0 saturated heterocycles. The van der Waals surface area contributed by atoms with Crippen LogP contribution in [0.15, 0.2) is 0 Å². The maximum Gasteiger partial charge on any atom is 0.333 e. The fraction of sp³-hybridized carbons (Fsp3) is 0.500. The quantitative estimate of drug-likeness (QED) is 0.422. The Morgan fingerprint density at radius 3 is 2.08 bits per heavy atom. The molecule has 2 unspecified atom stereocenters. The van der Waals surface area contributed by atoms with E-state index in [1.807, 2.05) is 0 Å². The van der Waals surface area contributed by atoms with Crippen molar-refractivity contribution >= 4 is 17.9 Å². The summed E-state index contributed by atoms with van der Waals surface area (Å²) >= 11 is 0. The molecule has 0 fully saturated rings. The molecule has 74 valence electrons. The summed E-state index contributed by atoms with van der Waals surface area (Å²) in [4.78, 5) is 31.1. The van der Waals surface area contributed by atoms with Crippen molar-refractivity contribution in [2.45, 2.75) is 12.5 Å². The maximum atomic E-state index is 10.7. The van der Waals surface area contributed by atoms with Crippen LogP contribution in [-0.4, -0.2) is 44.4 Å². The van der Waals surface area contributed by atoms with Crippen LogP contribution in [0, 0.1) is 5.92 Å². The molecule has 2 atom stereocenters. The third kappa shape index (κ3) is 3.52. The van der Waals surface area contributed by atoms with Gasteiger partial charge in [0, 0.05) is 0 Å². The number of hydrogen-bond acceptors (Lipinski definition) is 5. The molecule has 7 heteroatoms. The SMILES string of the molecule is [2H]OC(=O)C(CC(=O)O)C(O)C(=O)O. The van der Waals surface area contributed by atoms with Crippen LogP contribution in [0.4, 0.5) is 0 Å². The molecule has 13 heavy (non-hydrogen) atoms. The largest absolute Gasteiger partial charge is 0.481 e. The van der Waals surface area contributed by atoms with E-state index in [0.717, 1.165) is 0 Å². The molecule has 0 aromatic carbocycles. The van der Waals surface area contributed by atoms with Gasteiger partial charge >= 0.3 is 17.9 Å². The van der Waals surface area contributed by atoms with Crippen molar-refractivity contribution in [1.29, 1.82) is 1.43 Å². The van der Waals surface area contributed by atoms with Gasteiger partial charge in [-0.2, -0.15) is 0 Å². The Balaban J connectivity index is 4.62. The molecule has 0 radical (unpaired) electrons. The zero-order valence-corrected chi connectivity index (χ0v) is 6.34. The Bertz CT molecular complexity index is 251. The molecule has 0 saturated carbocycles. The van der Waals surface area contributed by atoms with Gasteiger partial charge in [0.2, 0.25) is 0 Å². The average Bonchev–Trinajstić information content (AvgIpc) is 2.11. The van der Waals surface area contributed by atoms with E-state index >= 15 is 0 Å². The lowest BCUT2D eigenvalue weighted by Gasteiger charge is -2.12. The number of aliphatic carboxylic acids is 3. The second kappa shape index (κ2) is 4.41. The third-order valence-corrected chi connectivity index (χ3v) is 1.33. The number of carboxylic acids is 3. The highest BCUT2D eigenvalue weighted by molar-refractivity contribution is 5.85. The molecular weight excluding hydrogens is 184 g/mol. The summed E-state index contributed by atoms with van der Waals surface area (Å²) in [6.07, 6.45) is -3.10. The molecule has 0 aliphatic rings. The predicted octanol–water partition coefficient (Wildman–Crippen LogP) is -1.39. The summed E-state index contributed by atoms with van der Waals surface area (Å²) in [7, 11) is 0. The van der Waals surface area contributed by atoms with Crippen LogP contribution < -0.4 is 0 Å². The summed E-state index contributed by atoms with van der Waals surface area (Å²) in [6, 6.07) is 0. The van der Waals surface area contributed by atoms with Crippen molar-refractivity contribution in [2.75, 3.05) is 0 Å². The first-order chi connectivity index (χ1) is 6.40. The van der Waals surface area contributed by atoms with Crippen LogP contribution in [0.5, 0.6) is 0 Å². The lowest BCUT2D eigenvalue weighted by atomic mass is 9.99. The Hall–Kier alpha value is -1.63. The van der Waals surface area contributed by atoms with Gasteiger partial charge in [0.1, 0.15) is 5.92 Å². The second-order valence-electron chi connectivity index (χ2n) is 2.31. The zero-order chi connectivity index (χ0) is 11.3. The van der Waals surface area contributed by atoms with Crippen molar-refractivity contribution in [3.05, 3.63) is 0 Å². The first kappa shape index (κ1) is 9.46. The molecule has 0 aliphatic carbocycles. The normalized spacial score (nSPS) is 15.3. The summed E-state index contributed by atoms with van der Waals surface area (Å²) in [5, 5.41) is 28.9. The molecule has 0 spiro atoms. The van der Waals surface area contributed by atoms with E-state index in [2.05, 4.69) is 5.11 Å². The van der Waals surface area contributed by atoms with Crippen LogP contribution in [-0.2, 0) is 14.4 Å². The minimum absolute atomic E-state index is 0.912. The van der Waals surface area contributed by atoms with Gasteiger partial charge in [-0.15, -0.1) is 0 Å². The number of aliphatic hydroxyl groups excluding tert-OH is 1. The van der Waals surface area contributed by atoms with E-state index in [0.29, 0.717) is 0 Å². The Morgan fingerprint density at radius 2 is 1.77 bits per heavy atom. The lowest BCUT2D eigenvalue weighted by Crippen LogP contribution is -2.36. The first-order valence-corrected chi connectivity index (χ1v) is 3.19. The van der Waals surface area contributed by atoms with Crippen molar-refractivity contribution in [1.82, 2.24) is 0 Å². The smallest absolute Gasteiger partial charge is 0.333 e. The van der Waals surface area contributed by atoms with E-state index in [4.69, 9.17) is 16.8 Å². The average molecular weight is 193 g/mol. The van der Waals surface area contributed by atoms with Gasteiger partial charge in [0.25, 0.3) is 1.43 Å². The molecule has 0 bridgehead atoms. The molecule has 0 heterocycles. The van der Waals surface area contributed by atoms with E-state index in [9.17, 15) is 14.4 Å². The van der Waals surface area contributed by atoms with E-state index < -0.39 is 36.4 Å². The molecule has 7 nitrogen and oxygen atoms in total. The van der Waals surface area contributed by atoms with E-state index in [-0.39, 0.29) is 0 Å². The molecule has 0 amide bonds. The maximum absolute atomic E-state index is 10.7. The fourth-order valence-corrected chi connectivity index (χ4v) is 0.684. The predicted molar refractivity (Wildman–Crippen MR) is 37.0 cm³/mol. The van der Waals surface area contributed by atoms with Crippen molar-refractivity contribution in [2.24, 2.45) is 5.92 Å². The van der Waals surface area contributed by atoms with Gasteiger partial charge in [0.15, 0.2) is 6.10 Å². The minimum atomic E-state index is -2.19. The Kier molecular flexibility index (Phi) is 3.21.